The van der Waals surface area contributed by atoms with Crippen LogP contribution in [0.15, 0.2) is 11.6 Å². The second-order valence-electron chi connectivity index (χ2n) is 5.19. The van der Waals surface area contributed by atoms with Gasteiger partial charge >= 0.3 is 5.97 Å². The van der Waals surface area contributed by atoms with E-state index in [1.807, 2.05) is 6.08 Å². The Labute approximate surface area is 85.0 Å². The van der Waals surface area contributed by atoms with Gasteiger partial charge in [-0.25, -0.2) is 0 Å². The Morgan fingerprint density at radius 1 is 1.57 bits per heavy atom. The van der Waals surface area contributed by atoms with Crippen LogP contribution < -0.4 is 0 Å². The summed E-state index contributed by atoms with van der Waals surface area (Å²) in [6.45, 7) is 4.54. The molecule has 2 aliphatic rings. The van der Waals surface area contributed by atoms with Gasteiger partial charge < -0.3 is 5.11 Å². The van der Waals surface area contributed by atoms with Gasteiger partial charge in [0.2, 0.25) is 0 Å². The van der Waals surface area contributed by atoms with Gasteiger partial charge in [0.05, 0.1) is 6.42 Å². The van der Waals surface area contributed by atoms with E-state index in [4.69, 9.17) is 5.11 Å². The van der Waals surface area contributed by atoms with E-state index in [0.29, 0.717) is 5.92 Å². The zero-order chi connectivity index (χ0) is 10.3. The predicted octanol–water partition coefficient (Wildman–Crippen LogP) is 2.84. The SMILES string of the molecule is CC1(C)/C(=C\CC(=O)O)[C@H]2CC[C@H]1C2. The van der Waals surface area contributed by atoms with Crippen molar-refractivity contribution in [3.05, 3.63) is 11.6 Å². The molecule has 0 spiro atoms. The van der Waals surface area contributed by atoms with Crippen molar-refractivity contribution >= 4 is 5.97 Å². The number of hydrogen-bond acceptors (Lipinski definition) is 1. The van der Waals surface area contributed by atoms with Gasteiger partial charge in [-0.15, -0.1) is 0 Å². The third-order valence-electron chi connectivity index (χ3n) is 4.13. The zero-order valence-corrected chi connectivity index (χ0v) is 8.92. The average molecular weight is 194 g/mol. The first kappa shape index (κ1) is 9.75. The second-order valence-corrected chi connectivity index (χ2v) is 5.19. The first-order valence-corrected chi connectivity index (χ1v) is 5.44. The lowest BCUT2D eigenvalue weighted by Crippen LogP contribution is -2.22. The van der Waals surface area contributed by atoms with Crippen molar-refractivity contribution in [3.63, 3.8) is 0 Å². The number of hydrogen-bond donors (Lipinski definition) is 1. The largest absolute Gasteiger partial charge is 0.481 e. The summed E-state index contributed by atoms with van der Waals surface area (Å²) in [5, 5.41) is 8.67. The molecule has 0 saturated heterocycles. The fourth-order valence-electron chi connectivity index (χ4n) is 3.31. The molecule has 2 fully saturated rings. The maximum absolute atomic E-state index is 10.5. The van der Waals surface area contributed by atoms with Crippen molar-refractivity contribution in [2.24, 2.45) is 17.3 Å². The Hall–Kier alpha value is -0.790. The summed E-state index contributed by atoms with van der Waals surface area (Å²) in [5.74, 6) is 0.776. The predicted molar refractivity (Wildman–Crippen MR) is 54.9 cm³/mol. The van der Waals surface area contributed by atoms with E-state index < -0.39 is 5.97 Å². The van der Waals surface area contributed by atoms with Crippen molar-refractivity contribution in [3.8, 4) is 0 Å². The van der Waals surface area contributed by atoms with Crippen LogP contribution in [0.2, 0.25) is 0 Å². The van der Waals surface area contributed by atoms with Crippen molar-refractivity contribution in [1.82, 2.24) is 0 Å². The minimum Gasteiger partial charge on any atom is -0.481 e. The van der Waals surface area contributed by atoms with Crippen LogP contribution in [0, 0.1) is 17.3 Å². The van der Waals surface area contributed by atoms with E-state index in [2.05, 4.69) is 13.8 Å². The monoisotopic (exact) mass is 194 g/mol. The van der Waals surface area contributed by atoms with Gasteiger partial charge in [-0.1, -0.05) is 25.5 Å². The molecule has 0 aromatic rings. The summed E-state index contributed by atoms with van der Waals surface area (Å²) in [6, 6.07) is 0. The van der Waals surface area contributed by atoms with E-state index in [9.17, 15) is 4.79 Å². The molecular formula is C12H18O2. The molecule has 0 aromatic carbocycles. The lowest BCUT2D eigenvalue weighted by molar-refractivity contribution is -0.136. The molecule has 2 rings (SSSR count). The average Bonchev–Trinajstić information content (AvgIpc) is 2.59. The first-order chi connectivity index (χ1) is 6.51. The third-order valence-corrected chi connectivity index (χ3v) is 4.13. The molecular weight excluding hydrogens is 176 g/mol. The van der Waals surface area contributed by atoms with Crippen LogP contribution in [0.4, 0.5) is 0 Å². The number of carbonyl (C=O) groups is 1. The molecule has 0 unspecified atom stereocenters. The maximum Gasteiger partial charge on any atom is 0.307 e. The molecule has 0 aliphatic heterocycles. The van der Waals surface area contributed by atoms with Gasteiger partial charge in [-0.3, -0.25) is 4.79 Å². The molecule has 1 N–H and O–H groups in total. The maximum atomic E-state index is 10.5. The normalized spacial score (nSPS) is 36.6. The minimum atomic E-state index is -0.712. The Kier molecular flexibility index (Phi) is 2.17. The molecule has 2 nitrogen and oxygen atoms in total. The van der Waals surface area contributed by atoms with Crippen molar-refractivity contribution in [2.75, 3.05) is 0 Å². The first-order valence-electron chi connectivity index (χ1n) is 5.44. The molecule has 2 bridgehead atoms. The van der Waals surface area contributed by atoms with Gasteiger partial charge in [0.25, 0.3) is 0 Å². The van der Waals surface area contributed by atoms with E-state index in [1.54, 1.807) is 0 Å². The number of rotatable bonds is 2. The minimum absolute atomic E-state index is 0.196. The zero-order valence-electron chi connectivity index (χ0n) is 8.92. The number of allylic oxidation sites excluding steroid dienone is 1. The molecule has 2 atom stereocenters. The van der Waals surface area contributed by atoms with Crippen molar-refractivity contribution in [2.45, 2.75) is 39.5 Å². The molecule has 14 heavy (non-hydrogen) atoms. The van der Waals surface area contributed by atoms with Gasteiger partial charge in [0.15, 0.2) is 0 Å². The number of carboxylic acid groups (broad SMARTS) is 1. The lowest BCUT2D eigenvalue weighted by Gasteiger charge is -2.32. The Balaban J connectivity index is 2.19. The van der Waals surface area contributed by atoms with Gasteiger partial charge in [-0.05, 0) is 36.5 Å². The highest BCUT2D eigenvalue weighted by Crippen LogP contribution is 2.58. The smallest absolute Gasteiger partial charge is 0.307 e. The molecule has 2 heteroatoms. The fraction of sp³-hybridized carbons (Fsp3) is 0.750. The number of fused-ring (bicyclic) bond motifs is 2. The van der Waals surface area contributed by atoms with Gasteiger partial charge in [0.1, 0.15) is 0 Å². The molecule has 78 valence electrons. The van der Waals surface area contributed by atoms with Crippen LogP contribution >= 0.6 is 0 Å². The summed E-state index contributed by atoms with van der Waals surface area (Å²) in [5.41, 5.74) is 1.68. The summed E-state index contributed by atoms with van der Waals surface area (Å²) >= 11 is 0. The third kappa shape index (κ3) is 1.37. The molecule has 2 saturated carbocycles. The highest BCUT2D eigenvalue weighted by molar-refractivity contribution is 5.68. The molecule has 0 amide bonds. The van der Waals surface area contributed by atoms with Crippen LogP contribution in [-0.4, -0.2) is 11.1 Å². The van der Waals surface area contributed by atoms with E-state index in [1.165, 1.54) is 24.8 Å². The molecule has 2 aliphatic carbocycles. The highest BCUT2D eigenvalue weighted by Gasteiger charge is 2.48. The van der Waals surface area contributed by atoms with E-state index in [-0.39, 0.29) is 11.8 Å². The Morgan fingerprint density at radius 3 is 2.79 bits per heavy atom. The molecule has 0 radical (unpaired) electrons. The summed E-state index contributed by atoms with van der Waals surface area (Å²) in [7, 11) is 0. The van der Waals surface area contributed by atoms with Gasteiger partial charge in [-0.2, -0.15) is 0 Å². The Morgan fingerprint density at radius 2 is 2.29 bits per heavy atom. The summed E-state index contributed by atoms with van der Waals surface area (Å²) < 4.78 is 0. The standard InChI is InChI=1S/C12H18O2/c1-12(2)9-4-3-8(7-9)10(12)5-6-11(13)14/h5,8-9H,3-4,6-7H2,1-2H3,(H,13,14)/b10-5-/t8-,9-/m0/s1. The highest BCUT2D eigenvalue weighted by atomic mass is 16.4. The van der Waals surface area contributed by atoms with Crippen LogP contribution in [-0.2, 0) is 4.79 Å². The van der Waals surface area contributed by atoms with Crippen LogP contribution in [0.3, 0.4) is 0 Å². The Bertz CT molecular complexity index is 289. The van der Waals surface area contributed by atoms with Crippen LogP contribution in [0.1, 0.15) is 39.5 Å². The number of aliphatic carboxylic acids is 1. The summed E-state index contributed by atoms with van der Waals surface area (Å²) in [4.78, 5) is 10.5. The molecule has 0 heterocycles. The quantitative estimate of drug-likeness (QED) is 0.686. The van der Waals surface area contributed by atoms with Crippen molar-refractivity contribution in [1.29, 1.82) is 0 Å². The van der Waals surface area contributed by atoms with E-state index in [0.717, 1.165) is 5.92 Å². The fourth-order valence-corrected chi connectivity index (χ4v) is 3.31. The molecule has 0 aromatic heterocycles. The summed E-state index contributed by atoms with van der Waals surface area (Å²) in [6.07, 6.45) is 6.06. The van der Waals surface area contributed by atoms with E-state index >= 15 is 0 Å². The van der Waals surface area contributed by atoms with Crippen LogP contribution in [0.25, 0.3) is 0 Å². The number of carboxylic acids is 1. The van der Waals surface area contributed by atoms with Gasteiger partial charge in [0, 0.05) is 0 Å². The second kappa shape index (κ2) is 3.11. The lowest BCUT2D eigenvalue weighted by atomic mass is 9.72. The topological polar surface area (TPSA) is 37.3 Å². The van der Waals surface area contributed by atoms with Crippen molar-refractivity contribution < 1.29 is 9.90 Å². The van der Waals surface area contributed by atoms with Crippen LogP contribution in [0.5, 0.6) is 0 Å².